The third kappa shape index (κ3) is 2.03. The van der Waals surface area contributed by atoms with Gasteiger partial charge in [-0.2, -0.15) is 0 Å². The molecule has 0 aliphatic heterocycles. The smallest absolute Gasteiger partial charge is 0.184 e. The number of benzene rings is 1. The van der Waals surface area contributed by atoms with E-state index in [0.717, 1.165) is 32.5 Å². The molecule has 96 valence electrons. The van der Waals surface area contributed by atoms with Gasteiger partial charge in [-0.05, 0) is 61.5 Å². The van der Waals surface area contributed by atoms with Gasteiger partial charge in [0.25, 0.3) is 0 Å². The Kier molecular flexibility index (Phi) is 3.03. The van der Waals surface area contributed by atoms with Crippen molar-refractivity contribution in [3.05, 3.63) is 50.8 Å². The molecule has 0 bridgehead atoms. The summed E-state index contributed by atoms with van der Waals surface area (Å²) in [7, 11) is 0. The van der Waals surface area contributed by atoms with Gasteiger partial charge in [-0.25, -0.2) is 4.98 Å². The van der Waals surface area contributed by atoms with E-state index in [4.69, 9.17) is 12.2 Å². The SMILES string of the molecule is Cc1cc(Br)cc(C)c1-n1c(=S)[nH]c2cccnc21. The molecule has 0 spiro atoms. The van der Waals surface area contributed by atoms with Crippen LogP contribution in [0.4, 0.5) is 0 Å². The second kappa shape index (κ2) is 4.58. The number of nitrogens with one attached hydrogen (secondary N) is 1. The Balaban J connectivity index is 2.43. The zero-order chi connectivity index (χ0) is 13.6. The molecular weight excluding hydrogens is 322 g/mol. The van der Waals surface area contributed by atoms with E-state index in [2.05, 4.69) is 51.9 Å². The Morgan fingerprint density at radius 3 is 2.63 bits per heavy atom. The van der Waals surface area contributed by atoms with Crippen LogP contribution in [-0.4, -0.2) is 14.5 Å². The molecule has 0 aliphatic rings. The van der Waals surface area contributed by atoms with E-state index in [9.17, 15) is 0 Å². The van der Waals surface area contributed by atoms with Crippen LogP contribution in [0.25, 0.3) is 16.9 Å². The summed E-state index contributed by atoms with van der Waals surface area (Å²) in [5.74, 6) is 0. The van der Waals surface area contributed by atoms with Gasteiger partial charge in [0.2, 0.25) is 0 Å². The maximum absolute atomic E-state index is 5.44. The Bertz CT molecular complexity index is 809. The molecule has 0 unspecified atom stereocenters. The summed E-state index contributed by atoms with van der Waals surface area (Å²) >= 11 is 8.96. The molecule has 2 heterocycles. The summed E-state index contributed by atoms with van der Waals surface area (Å²) in [6.07, 6.45) is 1.78. The topological polar surface area (TPSA) is 33.6 Å². The van der Waals surface area contributed by atoms with Crippen LogP contribution in [0, 0.1) is 18.6 Å². The van der Waals surface area contributed by atoms with Gasteiger partial charge in [-0.3, -0.25) is 4.57 Å². The molecule has 1 aromatic carbocycles. The summed E-state index contributed by atoms with van der Waals surface area (Å²) in [6, 6.07) is 8.06. The van der Waals surface area contributed by atoms with E-state index < -0.39 is 0 Å². The number of halogens is 1. The molecule has 0 aliphatic carbocycles. The summed E-state index contributed by atoms with van der Waals surface area (Å²) in [5.41, 5.74) is 5.23. The maximum atomic E-state index is 5.44. The van der Waals surface area contributed by atoms with E-state index in [-0.39, 0.29) is 0 Å². The number of hydrogen-bond acceptors (Lipinski definition) is 2. The summed E-state index contributed by atoms with van der Waals surface area (Å²) in [6.45, 7) is 4.16. The van der Waals surface area contributed by atoms with Crippen molar-refractivity contribution in [3.8, 4) is 5.69 Å². The zero-order valence-corrected chi connectivity index (χ0v) is 13.0. The summed E-state index contributed by atoms with van der Waals surface area (Å²) in [5, 5.41) is 0. The molecule has 0 radical (unpaired) electrons. The second-order valence-electron chi connectivity index (χ2n) is 4.53. The third-order valence-electron chi connectivity index (χ3n) is 3.12. The molecule has 3 nitrogen and oxygen atoms in total. The fourth-order valence-electron chi connectivity index (χ4n) is 2.40. The number of aromatic nitrogens is 3. The predicted octanol–water partition coefficient (Wildman–Crippen LogP) is 4.46. The van der Waals surface area contributed by atoms with Gasteiger partial charge in [0.05, 0.1) is 11.2 Å². The van der Waals surface area contributed by atoms with Gasteiger partial charge in [0, 0.05) is 10.7 Å². The molecule has 19 heavy (non-hydrogen) atoms. The molecule has 0 atom stereocenters. The molecule has 3 rings (SSSR count). The van der Waals surface area contributed by atoms with E-state index in [0.29, 0.717) is 4.77 Å². The molecule has 5 heteroatoms. The number of hydrogen-bond donors (Lipinski definition) is 1. The van der Waals surface area contributed by atoms with Crippen molar-refractivity contribution in [3.63, 3.8) is 0 Å². The van der Waals surface area contributed by atoms with Gasteiger partial charge >= 0.3 is 0 Å². The van der Waals surface area contributed by atoms with Crippen molar-refractivity contribution in [1.29, 1.82) is 0 Å². The number of aromatic amines is 1. The lowest BCUT2D eigenvalue weighted by atomic mass is 10.1. The zero-order valence-electron chi connectivity index (χ0n) is 10.6. The van der Waals surface area contributed by atoms with Gasteiger partial charge in [0.1, 0.15) is 0 Å². The first-order valence-corrected chi connectivity index (χ1v) is 7.11. The highest BCUT2D eigenvalue weighted by Crippen LogP contribution is 2.27. The Morgan fingerprint density at radius 2 is 1.95 bits per heavy atom. The lowest BCUT2D eigenvalue weighted by Crippen LogP contribution is -2.01. The molecule has 0 saturated carbocycles. The lowest BCUT2D eigenvalue weighted by Gasteiger charge is -2.12. The summed E-state index contributed by atoms with van der Waals surface area (Å²) < 4.78 is 3.75. The highest BCUT2D eigenvalue weighted by Gasteiger charge is 2.12. The van der Waals surface area contributed by atoms with Crippen LogP contribution in [0.2, 0.25) is 0 Å². The van der Waals surface area contributed by atoms with Crippen molar-refractivity contribution < 1.29 is 0 Å². The van der Waals surface area contributed by atoms with E-state index in [1.54, 1.807) is 6.20 Å². The Labute approximate surface area is 124 Å². The van der Waals surface area contributed by atoms with Gasteiger partial charge in [0.15, 0.2) is 10.4 Å². The van der Waals surface area contributed by atoms with Gasteiger partial charge in [-0.15, -0.1) is 0 Å². The van der Waals surface area contributed by atoms with Crippen molar-refractivity contribution in [2.75, 3.05) is 0 Å². The highest BCUT2D eigenvalue weighted by molar-refractivity contribution is 9.10. The molecule has 0 saturated heterocycles. The van der Waals surface area contributed by atoms with E-state index in [1.165, 1.54) is 0 Å². The van der Waals surface area contributed by atoms with Crippen molar-refractivity contribution in [2.24, 2.45) is 0 Å². The van der Waals surface area contributed by atoms with Gasteiger partial charge < -0.3 is 4.98 Å². The molecule has 3 aromatic rings. The van der Waals surface area contributed by atoms with Crippen LogP contribution in [0.1, 0.15) is 11.1 Å². The minimum absolute atomic E-state index is 0.669. The molecule has 1 N–H and O–H groups in total. The average molecular weight is 334 g/mol. The summed E-state index contributed by atoms with van der Waals surface area (Å²) in [4.78, 5) is 7.63. The average Bonchev–Trinajstić information content (AvgIpc) is 2.65. The van der Waals surface area contributed by atoms with Crippen molar-refractivity contribution >= 4 is 39.3 Å². The number of H-pyrrole nitrogens is 1. The first-order valence-electron chi connectivity index (χ1n) is 5.91. The number of pyridine rings is 1. The maximum Gasteiger partial charge on any atom is 0.184 e. The van der Waals surface area contributed by atoms with Crippen LogP contribution in [0.15, 0.2) is 34.9 Å². The molecule has 2 aromatic heterocycles. The molecule has 0 fully saturated rings. The fraction of sp³-hybridized carbons (Fsp3) is 0.143. The monoisotopic (exact) mass is 333 g/mol. The number of imidazole rings is 1. The Hall–Kier alpha value is -1.46. The quantitative estimate of drug-likeness (QED) is 0.667. The van der Waals surface area contributed by atoms with Crippen LogP contribution in [0.3, 0.4) is 0 Å². The van der Waals surface area contributed by atoms with Crippen molar-refractivity contribution in [1.82, 2.24) is 14.5 Å². The van der Waals surface area contributed by atoms with E-state index >= 15 is 0 Å². The van der Waals surface area contributed by atoms with Crippen LogP contribution in [-0.2, 0) is 0 Å². The Morgan fingerprint density at radius 1 is 1.26 bits per heavy atom. The first kappa shape index (κ1) is 12.6. The highest BCUT2D eigenvalue weighted by atomic mass is 79.9. The van der Waals surface area contributed by atoms with Crippen LogP contribution in [0.5, 0.6) is 0 Å². The minimum atomic E-state index is 0.669. The van der Waals surface area contributed by atoms with E-state index in [1.807, 2.05) is 16.7 Å². The number of fused-ring (bicyclic) bond motifs is 1. The van der Waals surface area contributed by atoms with Crippen molar-refractivity contribution in [2.45, 2.75) is 13.8 Å². The normalized spacial score (nSPS) is 11.1. The first-order chi connectivity index (χ1) is 9.08. The fourth-order valence-corrected chi connectivity index (χ4v) is 3.38. The third-order valence-corrected chi connectivity index (χ3v) is 3.87. The minimum Gasteiger partial charge on any atom is -0.329 e. The van der Waals surface area contributed by atoms with Crippen LogP contribution < -0.4 is 0 Å². The molecular formula is C14H12BrN3S. The number of rotatable bonds is 1. The number of aryl methyl sites for hydroxylation is 2. The van der Waals surface area contributed by atoms with Gasteiger partial charge in [-0.1, -0.05) is 15.9 Å². The largest absolute Gasteiger partial charge is 0.329 e. The lowest BCUT2D eigenvalue weighted by molar-refractivity contribution is 1.01. The second-order valence-corrected chi connectivity index (χ2v) is 5.83. The van der Waals surface area contributed by atoms with Crippen LogP contribution >= 0.6 is 28.1 Å². The predicted molar refractivity (Wildman–Crippen MR) is 83.4 cm³/mol. The molecule has 0 amide bonds. The number of nitrogens with zero attached hydrogens (tertiary/aromatic N) is 2. The standard InChI is InChI=1S/C14H12BrN3S/c1-8-6-10(15)7-9(2)12(8)18-13-11(17-14(18)19)4-3-5-16-13/h3-7H,1-2H3,(H,17,19).